The lowest BCUT2D eigenvalue weighted by Gasteiger charge is -2.22. The van der Waals surface area contributed by atoms with Crippen molar-refractivity contribution in [3.63, 3.8) is 0 Å². The number of esters is 1. The molecular weight excluding hydrogens is 216 g/mol. The van der Waals surface area contributed by atoms with Crippen LogP contribution in [-0.4, -0.2) is 20.7 Å². The molecule has 0 aliphatic rings. The normalized spacial score (nSPS) is 11.2. The highest BCUT2D eigenvalue weighted by molar-refractivity contribution is 6.89. The van der Waals surface area contributed by atoms with E-state index in [0.29, 0.717) is 6.61 Å². The van der Waals surface area contributed by atoms with Gasteiger partial charge < -0.3 is 4.74 Å². The molecule has 0 saturated heterocycles. The Morgan fingerprint density at radius 1 is 1.25 bits per heavy atom. The molecule has 88 valence electrons. The van der Waals surface area contributed by atoms with Crippen LogP contribution in [0.25, 0.3) is 0 Å². The first-order valence-corrected chi connectivity index (χ1v) is 8.92. The molecule has 1 aromatic rings. The van der Waals surface area contributed by atoms with Crippen LogP contribution in [0.3, 0.4) is 0 Å². The lowest BCUT2D eigenvalue weighted by Crippen LogP contribution is -2.41. The van der Waals surface area contributed by atoms with Crippen LogP contribution in [0.15, 0.2) is 30.3 Å². The van der Waals surface area contributed by atoms with Crippen molar-refractivity contribution >= 4 is 19.2 Å². The second-order valence-electron chi connectivity index (χ2n) is 4.69. The second kappa shape index (κ2) is 5.85. The molecule has 0 heterocycles. The summed E-state index contributed by atoms with van der Waals surface area (Å²) in [6, 6.07) is 11.8. The number of hydrogen-bond acceptors (Lipinski definition) is 2. The minimum atomic E-state index is -1.34. The van der Waals surface area contributed by atoms with Gasteiger partial charge in [0, 0.05) is 6.92 Å². The van der Waals surface area contributed by atoms with Crippen LogP contribution in [0.5, 0.6) is 0 Å². The first-order chi connectivity index (χ1) is 7.52. The van der Waals surface area contributed by atoms with Crippen LogP contribution in [0.4, 0.5) is 0 Å². The minimum Gasteiger partial charge on any atom is -0.466 e. The van der Waals surface area contributed by atoms with Crippen molar-refractivity contribution in [2.75, 3.05) is 6.61 Å². The van der Waals surface area contributed by atoms with E-state index in [4.69, 9.17) is 4.74 Å². The van der Waals surface area contributed by atoms with Crippen molar-refractivity contribution in [3.8, 4) is 0 Å². The zero-order valence-corrected chi connectivity index (χ0v) is 11.3. The fraction of sp³-hybridized carbons (Fsp3) is 0.462. The number of ether oxygens (including phenoxy) is 1. The largest absolute Gasteiger partial charge is 0.466 e. The Morgan fingerprint density at radius 3 is 2.44 bits per heavy atom. The predicted octanol–water partition coefficient (Wildman–Crippen LogP) is 2.56. The molecule has 0 aliphatic heterocycles. The number of hydrogen-bond donors (Lipinski definition) is 0. The summed E-state index contributed by atoms with van der Waals surface area (Å²) in [5.74, 6) is -0.181. The summed E-state index contributed by atoms with van der Waals surface area (Å²) in [4.78, 5) is 10.6. The first kappa shape index (κ1) is 13.0. The number of benzene rings is 1. The van der Waals surface area contributed by atoms with Gasteiger partial charge in [-0.15, -0.1) is 0 Å². The Bertz CT molecular complexity index is 333. The molecule has 0 aromatic heterocycles. The number of carbonyl (C=O) groups excluding carboxylic acids is 1. The van der Waals surface area contributed by atoms with Gasteiger partial charge in [-0.3, -0.25) is 4.79 Å². The second-order valence-corrected chi connectivity index (χ2v) is 9.54. The van der Waals surface area contributed by atoms with E-state index >= 15 is 0 Å². The first-order valence-electron chi connectivity index (χ1n) is 5.71. The summed E-state index contributed by atoms with van der Waals surface area (Å²) in [6.07, 6.45) is 0.966. The van der Waals surface area contributed by atoms with Gasteiger partial charge >= 0.3 is 5.97 Å². The number of rotatable bonds is 5. The van der Waals surface area contributed by atoms with Crippen molar-refractivity contribution in [1.82, 2.24) is 0 Å². The lowest BCUT2D eigenvalue weighted by atomic mass is 10.4. The summed E-state index contributed by atoms with van der Waals surface area (Å²) in [5.41, 5.74) is 0. The van der Waals surface area contributed by atoms with E-state index in [1.54, 1.807) is 0 Å². The fourth-order valence-corrected chi connectivity index (χ4v) is 4.18. The molecule has 0 N–H and O–H groups in total. The standard InChI is InChI=1S/C13H20O2Si/c1-12(14)15-10-7-11-16(2,3)13-8-5-4-6-9-13/h4-6,8-9H,7,10-11H2,1-3H3. The Labute approximate surface area is 98.6 Å². The van der Waals surface area contributed by atoms with Crippen LogP contribution < -0.4 is 5.19 Å². The zero-order valence-electron chi connectivity index (χ0n) is 10.3. The Kier molecular flexibility index (Phi) is 4.74. The van der Waals surface area contributed by atoms with E-state index in [1.165, 1.54) is 12.1 Å². The van der Waals surface area contributed by atoms with Gasteiger partial charge in [0.05, 0.1) is 14.7 Å². The predicted molar refractivity (Wildman–Crippen MR) is 69.6 cm³/mol. The maximum Gasteiger partial charge on any atom is 0.302 e. The molecule has 0 fully saturated rings. The van der Waals surface area contributed by atoms with Gasteiger partial charge in [-0.1, -0.05) is 54.7 Å². The smallest absolute Gasteiger partial charge is 0.302 e. The van der Waals surface area contributed by atoms with Crippen molar-refractivity contribution in [1.29, 1.82) is 0 Å². The third-order valence-corrected chi connectivity index (χ3v) is 6.31. The van der Waals surface area contributed by atoms with Crippen molar-refractivity contribution in [3.05, 3.63) is 30.3 Å². The topological polar surface area (TPSA) is 26.3 Å². The van der Waals surface area contributed by atoms with Gasteiger partial charge in [0.2, 0.25) is 0 Å². The lowest BCUT2D eigenvalue weighted by molar-refractivity contribution is -0.140. The van der Waals surface area contributed by atoms with Crippen molar-refractivity contribution in [2.45, 2.75) is 32.5 Å². The van der Waals surface area contributed by atoms with E-state index < -0.39 is 8.07 Å². The summed E-state index contributed by atoms with van der Waals surface area (Å²) in [7, 11) is -1.34. The third kappa shape index (κ3) is 4.19. The van der Waals surface area contributed by atoms with E-state index in [2.05, 4.69) is 37.4 Å². The van der Waals surface area contributed by atoms with Gasteiger partial charge in [-0.05, 0) is 6.42 Å². The Balaban J connectivity index is 2.43. The summed E-state index contributed by atoms with van der Waals surface area (Å²) < 4.78 is 4.96. The molecule has 0 saturated carbocycles. The van der Waals surface area contributed by atoms with Crippen LogP contribution in [0, 0.1) is 0 Å². The molecule has 0 unspecified atom stereocenters. The van der Waals surface area contributed by atoms with Crippen LogP contribution in [-0.2, 0) is 9.53 Å². The highest BCUT2D eigenvalue weighted by atomic mass is 28.3. The van der Waals surface area contributed by atoms with E-state index in [-0.39, 0.29) is 5.97 Å². The molecule has 0 bridgehead atoms. The molecule has 0 spiro atoms. The third-order valence-electron chi connectivity index (χ3n) is 2.81. The van der Waals surface area contributed by atoms with E-state index in [0.717, 1.165) is 12.5 Å². The van der Waals surface area contributed by atoms with Gasteiger partial charge in [0.25, 0.3) is 0 Å². The summed E-state index contributed by atoms with van der Waals surface area (Å²) in [6.45, 7) is 6.73. The van der Waals surface area contributed by atoms with Gasteiger partial charge in [-0.2, -0.15) is 0 Å². The van der Waals surface area contributed by atoms with Crippen LogP contribution >= 0.6 is 0 Å². The zero-order chi connectivity index (χ0) is 12.0. The molecule has 3 heteroatoms. The number of carbonyl (C=O) groups is 1. The van der Waals surface area contributed by atoms with Crippen LogP contribution in [0.2, 0.25) is 19.1 Å². The molecule has 0 radical (unpaired) electrons. The minimum absolute atomic E-state index is 0.181. The molecule has 0 amide bonds. The molecule has 2 nitrogen and oxygen atoms in total. The SMILES string of the molecule is CC(=O)OCCC[Si](C)(C)c1ccccc1. The maximum atomic E-state index is 10.6. The highest BCUT2D eigenvalue weighted by Gasteiger charge is 2.22. The van der Waals surface area contributed by atoms with Crippen molar-refractivity contribution < 1.29 is 9.53 Å². The van der Waals surface area contributed by atoms with E-state index in [9.17, 15) is 4.79 Å². The monoisotopic (exact) mass is 236 g/mol. The Morgan fingerprint density at radius 2 is 1.88 bits per heavy atom. The average Bonchev–Trinajstić information content (AvgIpc) is 2.26. The molecule has 1 aromatic carbocycles. The quantitative estimate of drug-likeness (QED) is 0.446. The molecule has 1 rings (SSSR count). The van der Waals surface area contributed by atoms with Gasteiger partial charge in [0.1, 0.15) is 0 Å². The van der Waals surface area contributed by atoms with Gasteiger partial charge in [-0.25, -0.2) is 0 Å². The molecule has 16 heavy (non-hydrogen) atoms. The molecule has 0 aliphatic carbocycles. The van der Waals surface area contributed by atoms with Crippen molar-refractivity contribution in [2.24, 2.45) is 0 Å². The maximum absolute atomic E-state index is 10.6. The average molecular weight is 236 g/mol. The summed E-state index contributed by atoms with van der Waals surface area (Å²) >= 11 is 0. The highest BCUT2D eigenvalue weighted by Crippen LogP contribution is 2.12. The van der Waals surface area contributed by atoms with Gasteiger partial charge in [0.15, 0.2) is 0 Å². The van der Waals surface area contributed by atoms with E-state index in [1.807, 2.05) is 6.07 Å². The Hall–Kier alpha value is -1.09. The van der Waals surface area contributed by atoms with Crippen LogP contribution in [0.1, 0.15) is 13.3 Å². The summed E-state index contributed by atoms with van der Waals surface area (Å²) in [5, 5.41) is 1.47. The fourth-order valence-electron chi connectivity index (χ4n) is 1.76. The molecular formula is C13H20O2Si. The molecule has 0 atom stereocenters.